The molecule has 0 heterocycles. The van der Waals surface area contributed by atoms with Crippen LogP contribution in [0.5, 0.6) is 17.2 Å². The second-order valence-corrected chi connectivity index (χ2v) is 5.89. The molecular formula is C17H13BrO4. The van der Waals surface area contributed by atoms with E-state index in [0.717, 1.165) is 5.56 Å². The molecule has 1 aliphatic carbocycles. The van der Waals surface area contributed by atoms with Crippen LogP contribution in [0.4, 0.5) is 0 Å². The fraction of sp³-hybridized carbons (Fsp3) is 0.118. The zero-order valence-corrected chi connectivity index (χ0v) is 13.3. The van der Waals surface area contributed by atoms with Crippen molar-refractivity contribution in [1.29, 1.82) is 0 Å². The molecule has 1 aliphatic rings. The first-order chi connectivity index (χ1) is 10.5. The van der Waals surface area contributed by atoms with Crippen LogP contribution in [-0.2, 0) is 6.42 Å². The number of benzene rings is 2. The van der Waals surface area contributed by atoms with Crippen molar-refractivity contribution in [1.82, 2.24) is 0 Å². The van der Waals surface area contributed by atoms with E-state index in [4.69, 9.17) is 4.74 Å². The highest BCUT2D eigenvalue weighted by molar-refractivity contribution is 9.10. The van der Waals surface area contributed by atoms with Crippen LogP contribution in [0.15, 0.2) is 40.4 Å². The predicted octanol–water partition coefficient (Wildman–Crippen LogP) is 3.69. The molecule has 5 heteroatoms. The Labute approximate surface area is 135 Å². The third-order valence-corrected chi connectivity index (χ3v) is 4.27. The summed E-state index contributed by atoms with van der Waals surface area (Å²) in [6.45, 7) is 0. The molecule has 0 saturated heterocycles. The Bertz CT molecular complexity index is 809. The van der Waals surface area contributed by atoms with E-state index in [9.17, 15) is 15.0 Å². The Morgan fingerprint density at radius 2 is 2.05 bits per heavy atom. The van der Waals surface area contributed by atoms with Crippen molar-refractivity contribution < 1.29 is 19.7 Å². The summed E-state index contributed by atoms with van der Waals surface area (Å²) >= 11 is 3.26. The monoisotopic (exact) mass is 360 g/mol. The van der Waals surface area contributed by atoms with Crippen LogP contribution in [-0.4, -0.2) is 23.1 Å². The Kier molecular flexibility index (Phi) is 3.66. The molecule has 112 valence electrons. The molecule has 2 aromatic rings. The number of hydrogen-bond donors (Lipinski definition) is 2. The maximum Gasteiger partial charge on any atom is 0.189 e. The van der Waals surface area contributed by atoms with Crippen molar-refractivity contribution in [3.05, 3.63) is 57.1 Å². The van der Waals surface area contributed by atoms with Crippen molar-refractivity contribution in [3.63, 3.8) is 0 Å². The first-order valence-electron chi connectivity index (χ1n) is 6.64. The Hall–Kier alpha value is -2.27. The molecule has 0 radical (unpaired) electrons. The van der Waals surface area contributed by atoms with Gasteiger partial charge in [0.05, 0.1) is 11.6 Å². The van der Waals surface area contributed by atoms with Gasteiger partial charge in [0.1, 0.15) is 5.75 Å². The molecule has 0 bridgehead atoms. The number of rotatable bonds is 2. The molecule has 22 heavy (non-hydrogen) atoms. The van der Waals surface area contributed by atoms with Crippen LogP contribution in [0.3, 0.4) is 0 Å². The van der Waals surface area contributed by atoms with Crippen molar-refractivity contribution in [2.24, 2.45) is 0 Å². The molecule has 0 aromatic heterocycles. The molecule has 0 atom stereocenters. The van der Waals surface area contributed by atoms with E-state index in [2.05, 4.69) is 15.9 Å². The molecule has 0 saturated carbocycles. The number of fused-ring (bicyclic) bond motifs is 1. The van der Waals surface area contributed by atoms with Crippen LogP contribution in [0.2, 0.25) is 0 Å². The number of halogens is 1. The lowest BCUT2D eigenvalue weighted by atomic mass is 10.1. The number of hydrogen-bond acceptors (Lipinski definition) is 4. The van der Waals surface area contributed by atoms with Crippen LogP contribution < -0.4 is 4.74 Å². The first kappa shape index (κ1) is 14.7. The predicted molar refractivity (Wildman–Crippen MR) is 86.5 cm³/mol. The first-order valence-corrected chi connectivity index (χ1v) is 7.43. The van der Waals surface area contributed by atoms with Crippen molar-refractivity contribution in [2.75, 3.05) is 7.11 Å². The summed E-state index contributed by atoms with van der Waals surface area (Å²) in [5, 5.41) is 19.7. The third kappa shape index (κ3) is 2.37. The minimum absolute atomic E-state index is 0.0170. The average Bonchev–Trinajstić information content (AvgIpc) is 2.81. The third-order valence-electron chi connectivity index (χ3n) is 3.67. The highest BCUT2D eigenvalue weighted by atomic mass is 79.9. The summed E-state index contributed by atoms with van der Waals surface area (Å²) in [7, 11) is 1.47. The average molecular weight is 361 g/mol. The van der Waals surface area contributed by atoms with Gasteiger partial charge in [-0.2, -0.15) is 0 Å². The number of Topliss-reactive ketones (excluding diaryl/α,β-unsaturated/α-hetero) is 1. The number of phenols is 2. The summed E-state index contributed by atoms with van der Waals surface area (Å²) in [6, 6.07) is 8.32. The molecular weight excluding hydrogens is 348 g/mol. The van der Waals surface area contributed by atoms with E-state index in [0.29, 0.717) is 33.3 Å². The Balaban J connectivity index is 2.03. The van der Waals surface area contributed by atoms with Crippen molar-refractivity contribution >= 4 is 27.8 Å². The quantitative estimate of drug-likeness (QED) is 0.801. The van der Waals surface area contributed by atoms with E-state index in [1.54, 1.807) is 36.4 Å². The topological polar surface area (TPSA) is 66.8 Å². The van der Waals surface area contributed by atoms with Crippen molar-refractivity contribution in [3.8, 4) is 17.2 Å². The number of carbonyl (C=O) groups excluding carboxylic acids is 1. The van der Waals surface area contributed by atoms with Gasteiger partial charge in [0, 0.05) is 23.1 Å². The highest BCUT2D eigenvalue weighted by Crippen LogP contribution is 2.37. The largest absolute Gasteiger partial charge is 0.508 e. The van der Waals surface area contributed by atoms with Gasteiger partial charge in [0.15, 0.2) is 17.3 Å². The SMILES string of the molecule is COc1cc(C=C2Cc3c(O)cccc3C2=O)cc(Br)c1O. The second-order valence-electron chi connectivity index (χ2n) is 5.03. The summed E-state index contributed by atoms with van der Waals surface area (Å²) < 4.78 is 5.59. The van der Waals surface area contributed by atoms with Crippen LogP contribution >= 0.6 is 15.9 Å². The van der Waals surface area contributed by atoms with Gasteiger partial charge in [0.25, 0.3) is 0 Å². The number of allylic oxidation sites excluding steroid dienone is 1. The fourth-order valence-corrected chi connectivity index (χ4v) is 3.03. The second kappa shape index (κ2) is 5.50. The van der Waals surface area contributed by atoms with Crippen LogP contribution in [0.1, 0.15) is 21.5 Å². The van der Waals surface area contributed by atoms with Gasteiger partial charge >= 0.3 is 0 Å². The summed E-state index contributed by atoms with van der Waals surface area (Å²) in [6.07, 6.45) is 2.14. The Morgan fingerprint density at radius 3 is 2.73 bits per heavy atom. The lowest BCUT2D eigenvalue weighted by Gasteiger charge is -2.07. The standard InChI is InChI=1S/C17H13BrO4/c1-22-15-7-9(6-13(18)17(15)21)5-10-8-12-11(16(10)20)3-2-4-14(12)19/h2-7,19,21H,8H2,1H3. The van der Waals surface area contributed by atoms with Gasteiger partial charge in [0.2, 0.25) is 0 Å². The molecule has 0 amide bonds. The maximum atomic E-state index is 12.4. The zero-order chi connectivity index (χ0) is 15.9. The van der Waals surface area contributed by atoms with Crippen LogP contribution in [0, 0.1) is 0 Å². The van der Waals surface area contributed by atoms with E-state index >= 15 is 0 Å². The van der Waals surface area contributed by atoms with E-state index < -0.39 is 0 Å². The smallest absolute Gasteiger partial charge is 0.189 e. The Morgan fingerprint density at radius 1 is 1.27 bits per heavy atom. The zero-order valence-electron chi connectivity index (χ0n) is 11.8. The van der Waals surface area contributed by atoms with Gasteiger partial charge < -0.3 is 14.9 Å². The molecule has 4 nitrogen and oxygen atoms in total. The summed E-state index contributed by atoms with van der Waals surface area (Å²) in [5.74, 6) is 0.392. The van der Waals surface area contributed by atoms with Crippen LogP contribution in [0.25, 0.3) is 6.08 Å². The van der Waals surface area contributed by atoms with Gasteiger partial charge in [-0.1, -0.05) is 12.1 Å². The molecule has 2 aromatic carbocycles. The van der Waals surface area contributed by atoms with Crippen molar-refractivity contribution in [2.45, 2.75) is 6.42 Å². The number of ketones is 1. The molecule has 3 rings (SSSR count). The minimum atomic E-state index is -0.0888. The maximum absolute atomic E-state index is 12.4. The number of ether oxygens (including phenoxy) is 1. The van der Waals surface area contributed by atoms with Gasteiger partial charge in [-0.05, 0) is 45.8 Å². The molecule has 0 fully saturated rings. The normalized spacial score (nSPS) is 15.2. The number of phenolic OH excluding ortho intramolecular Hbond substituents is 2. The molecule has 0 spiro atoms. The number of aromatic hydroxyl groups is 2. The lowest BCUT2D eigenvalue weighted by molar-refractivity contribution is 0.104. The van der Waals surface area contributed by atoms with Gasteiger partial charge in [-0.25, -0.2) is 0 Å². The van der Waals surface area contributed by atoms with Gasteiger partial charge in [-0.15, -0.1) is 0 Å². The fourth-order valence-electron chi connectivity index (χ4n) is 2.57. The van der Waals surface area contributed by atoms with Gasteiger partial charge in [-0.3, -0.25) is 4.79 Å². The lowest BCUT2D eigenvalue weighted by Crippen LogP contribution is -1.95. The van der Waals surface area contributed by atoms with E-state index in [-0.39, 0.29) is 17.3 Å². The number of methoxy groups -OCH3 is 1. The molecule has 0 aliphatic heterocycles. The molecule has 2 N–H and O–H groups in total. The highest BCUT2D eigenvalue weighted by Gasteiger charge is 2.27. The number of carbonyl (C=O) groups is 1. The molecule has 0 unspecified atom stereocenters. The van der Waals surface area contributed by atoms with E-state index in [1.165, 1.54) is 7.11 Å². The minimum Gasteiger partial charge on any atom is -0.508 e. The summed E-state index contributed by atoms with van der Waals surface area (Å²) in [4.78, 5) is 12.4. The summed E-state index contributed by atoms with van der Waals surface area (Å²) in [5.41, 5.74) is 2.52. The van der Waals surface area contributed by atoms with E-state index in [1.807, 2.05) is 0 Å².